The van der Waals surface area contributed by atoms with E-state index in [0.717, 1.165) is 11.1 Å². The summed E-state index contributed by atoms with van der Waals surface area (Å²) in [7, 11) is 4.28. The van der Waals surface area contributed by atoms with Crippen LogP contribution in [-0.4, -0.2) is 45.8 Å². The van der Waals surface area contributed by atoms with E-state index in [4.69, 9.17) is 23.7 Å². The zero-order valence-corrected chi connectivity index (χ0v) is 19.6. The summed E-state index contributed by atoms with van der Waals surface area (Å²) in [6.07, 6.45) is 2.35. The van der Waals surface area contributed by atoms with Crippen molar-refractivity contribution >= 4 is 24.0 Å². The van der Waals surface area contributed by atoms with E-state index < -0.39 is 24.0 Å². The van der Waals surface area contributed by atoms with Crippen LogP contribution in [0.4, 0.5) is 0 Å². The van der Waals surface area contributed by atoms with Crippen LogP contribution < -0.4 is 18.9 Å². The second-order valence-electron chi connectivity index (χ2n) is 7.45. The second kappa shape index (κ2) is 10.7. The molecule has 0 fully saturated rings. The van der Waals surface area contributed by atoms with E-state index in [9.17, 15) is 14.4 Å². The van der Waals surface area contributed by atoms with E-state index in [1.807, 2.05) is 6.07 Å². The molecule has 9 nitrogen and oxygen atoms in total. The fourth-order valence-corrected chi connectivity index (χ4v) is 3.68. The molecule has 0 aromatic heterocycles. The van der Waals surface area contributed by atoms with Gasteiger partial charge in [0.15, 0.2) is 23.0 Å². The highest BCUT2D eigenvalue weighted by Gasteiger charge is 2.39. The van der Waals surface area contributed by atoms with Crippen LogP contribution in [0.25, 0.3) is 6.08 Å². The quantitative estimate of drug-likeness (QED) is 0.325. The average Bonchev–Trinajstić information content (AvgIpc) is 3.18. The lowest BCUT2D eigenvalue weighted by atomic mass is 9.90. The Kier molecular flexibility index (Phi) is 7.78. The maximum absolute atomic E-state index is 11.6. The first kappa shape index (κ1) is 24.6. The summed E-state index contributed by atoms with van der Waals surface area (Å²) in [5, 5.41) is 0. The number of fused-ring (bicyclic) bond motifs is 1. The maximum atomic E-state index is 11.6. The van der Waals surface area contributed by atoms with Crippen molar-refractivity contribution < 1.29 is 42.8 Å². The highest BCUT2D eigenvalue weighted by molar-refractivity contribution is 5.87. The Morgan fingerprint density at radius 2 is 1.68 bits per heavy atom. The van der Waals surface area contributed by atoms with Gasteiger partial charge in [0.25, 0.3) is 0 Å². The van der Waals surface area contributed by atoms with Gasteiger partial charge in [-0.2, -0.15) is 0 Å². The molecule has 2 atom stereocenters. The number of rotatable bonds is 8. The summed E-state index contributed by atoms with van der Waals surface area (Å²) >= 11 is 0. The Morgan fingerprint density at radius 1 is 0.941 bits per heavy atom. The van der Waals surface area contributed by atoms with Gasteiger partial charge >= 0.3 is 17.9 Å². The lowest BCUT2D eigenvalue weighted by Gasteiger charge is -2.20. The number of hydrogen-bond donors (Lipinski definition) is 0. The van der Waals surface area contributed by atoms with Gasteiger partial charge in [-0.25, -0.2) is 4.79 Å². The van der Waals surface area contributed by atoms with Crippen molar-refractivity contribution in [2.45, 2.75) is 25.9 Å². The molecule has 3 rings (SSSR count). The first-order chi connectivity index (χ1) is 16.3. The van der Waals surface area contributed by atoms with Gasteiger partial charge in [0.1, 0.15) is 12.7 Å². The van der Waals surface area contributed by atoms with Gasteiger partial charge in [-0.3, -0.25) is 9.59 Å². The number of methoxy groups -OCH3 is 3. The average molecular weight is 470 g/mol. The Balaban J connectivity index is 2.05. The van der Waals surface area contributed by atoms with E-state index in [1.54, 1.807) is 30.3 Å². The third-order valence-electron chi connectivity index (χ3n) is 5.18. The number of benzene rings is 2. The van der Waals surface area contributed by atoms with Crippen LogP contribution in [0.3, 0.4) is 0 Å². The van der Waals surface area contributed by atoms with Gasteiger partial charge in [-0.1, -0.05) is 6.07 Å². The predicted molar refractivity (Wildman–Crippen MR) is 121 cm³/mol. The number of carbonyl (C=O) groups is 3. The first-order valence-corrected chi connectivity index (χ1v) is 10.4. The van der Waals surface area contributed by atoms with Crippen LogP contribution >= 0.6 is 0 Å². The highest BCUT2D eigenvalue weighted by Crippen LogP contribution is 2.51. The molecule has 0 unspecified atom stereocenters. The summed E-state index contributed by atoms with van der Waals surface area (Å²) in [6, 6.07) is 8.65. The van der Waals surface area contributed by atoms with Crippen LogP contribution in [0.5, 0.6) is 23.0 Å². The van der Waals surface area contributed by atoms with Gasteiger partial charge < -0.3 is 28.4 Å². The van der Waals surface area contributed by atoms with Gasteiger partial charge in [0, 0.05) is 25.5 Å². The van der Waals surface area contributed by atoms with Crippen LogP contribution in [0.2, 0.25) is 0 Å². The van der Waals surface area contributed by atoms with Crippen molar-refractivity contribution in [2.24, 2.45) is 0 Å². The van der Waals surface area contributed by atoms with E-state index in [0.29, 0.717) is 22.8 Å². The van der Waals surface area contributed by atoms with Gasteiger partial charge in [0.2, 0.25) is 0 Å². The van der Waals surface area contributed by atoms with Crippen molar-refractivity contribution in [3.8, 4) is 23.0 Å². The number of hydrogen-bond acceptors (Lipinski definition) is 9. The Hall–Kier alpha value is -4.01. The van der Waals surface area contributed by atoms with Crippen molar-refractivity contribution in [3.05, 3.63) is 53.1 Å². The predicted octanol–water partition coefficient (Wildman–Crippen LogP) is 3.60. The molecule has 180 valence electrons. The summed E-state index contributed by atoms with van der Waals surface area (Å²) in [4.78, 5) is 34.5. The van der Waals surface area contributed by atoms with E-state index in [2.05, 4.69) is 4.74 Å². The molecule has 0 N–H and O–H groups in total. The fraction of sp³-hybridized carbons (Fsp3) is 0.320. The van der Waals surface area contributed by atoms with Gasteiger partial charge in [0.05, 0.1) is 27.2 Å². The van der Waals surface area contributed by atoms with E-state index in [1.165, 1.54) is 41.3 Å². The van der Waals surface area contributed by atoms with Crippen molar-refractivity contribution in [3.63, 3.8) is 0 Å². The third-order valence-corrected chi connectivity index (χ3v) is 5.18. The molecule has 2 aromatic rings. The molecular formula is C25H26O9. The molecule has 0 radical (unpaired) electrons. The Bertz CT molecular complexity index is 1120. The molecule has 0 saturated carbocycles. The molecule has 34 heavy (non-hydrogen) atoms. The molecule has 0 spiro atoms. The first-order valence-electron chi connectivity index (χ1n) is 10.4. The maximum Gasteiger partial charge on any atom is 0.330 e. The topological polar surface area (TPSA) is 107 Å². The molecular weight excluding hydrogens is 444 g/mol. The molecule has 9 heteroatoms. The zero-order valence-electron chi connectivity index (χ0n) is 19.6. The molecule has 2 aromatic carbocycles. The summed E-state index contributed by atoms with van der Waals surface area (Å²) in [5.74, 6) is -0.188. The fourth-order valence-electron chi connectivity index (χ4n) is 3.68. The second-order valence-corrected chi connectivity index (χ2v) is 7.45. The number of carbonyl (C=O) groups excluding carboxylic acids is 3. The molecule has 1 aliphatic rings. The third kappa shape index (κ3) is 5.48. The number of esters is 3. The molecule has 0 aliphatic carbocycles. The minimum absolute atomic E-state index is 0.0499. The lowest BCUT2D eigenvalue weighted by molar-refractivity contribution is -0.142. The minimum atomic E-state index is -0.552. The van der Waals surface area contributed by atoms with E-state index in [-0.39, 0.29) is 18.3 Å². The normalized spacial score (nSPS) is 16.4. The standard InChI is InChI=1S/C25H26O9/c1-14(26)32-13-19-18-10-16(6-9-23(28)31-5)11-22(30-4)25(18)34-24(19)17-7-8-20(33-15(2)27)21(12-17)29-3/h6-12,19,24H,13H2,1-5H3/b9-6+/t19-,24-/m0/s1. The smallest absolute Gasteiger partial charge is 0.330 e. The largest absolute Gasteiger partial charge is 0.493 e. The molecule has 1 aliphatic heterocycles. The van der Waals surface area contributed by atoms with Crippen LogP contribution in [0.1, 0.15) is 42.6 Å². The van der Waals surface area contributed by atoms with Crippen molar-refractivity contribution in [2.75, 3.05) is 27.9 Å². The Labute approximate surface area is 197 Å². The lowest BCUT2D eigenvalue weighted by Crippen LogP contribution is -2.17. The minimum Gasteiger partial charge on any atom is -0.493 e. The monoisotopic (exact) mass is 470 g/mol. The van der Waals surface area contributed by atoms with E-state index >= 15 is 0 Å². The van der Waals surface area contributed by atoms with Gasteiger partial charge in [-0.05, 0) is 41.5 Å². The summed E-state index contributed by atoms with van der Waals surface area (Å²) in [5.41, 5.74) is 2.15. The summed E-state index contributed by atoms with van der Waals surface area (Å²) < 4.78 is 32.4. The highest BCUT2D eigenvalue weighted by atomic mass is 16.6. The van der Waals surface area contributed by atoms with Crippen LogP contribution in [0, 0.1) is 0 Å². The van der Waals surface area contributed by atoms with Gasteiger partial charge in [-0.15, -0.1) is 0 Å². The molecule has 0 saturated heterocycles. The summed E-state index contributed by atoms with van der Waals surface area (Å²) in [6.45, 7) is 2.69. The van der Waals surface area contributed by atoms with Crippen LogP contribution in [0.15, 0.2) is 36.4 Å². The zero-order chi connectivity index (χ0) is 24.8. The van der Waals surface area contributed by atoms with Crippen molar-refractivity contribution in [1.82, 2.24) is 0 Å². The molecule has 0 amide bonds. The SMILES string of the molecule is COC(=O)/C=C/c1cc(OC)c2c(c1)[C@H](COC(C)=O)[C@H](c1ccc(OC(C)=O)c(OC)c1)O2. The molecule has 1 heterocycles. The van der Waals surface area contributed by atoms with Crippen molar-refractivity contribution in [1.29, 1.82) is 0 Å². The Morgan fingerprint density at radius 3 is 2.29 bits per heavy atom. The van der Waals surface area contributed by atoms with Crippen LogP contribution in [-0.2, 0) is 23.9 Å². The molecule has 0 bridgehead atoms. The number of ether oxygens (including phenoxy) is 6.